The molecule has 8 nitrogen and oxygen atoms in total. The van der Waals surface area contributed by atoms with Gasteiger partial charge in [-0.3, -0.25) is 14.9 Å². The number of rotatable bonds is 8. The van der Waals surface area contributed by atoms with Crippen LogP contribution in [0, 0.1) is 10.1 Å². The summed E-state index contributed by atoms with van der Waals surface area (Å²) in [5, 5.41) is 14.0. The number of nitrogens with one attached hydrogen (secondary N) is 1. The van der Waals surface area contributed by atoms with Gasteiger partial charge in [-0.1, -0.05) is 13.3 Å². The number of hydrogen-bond acceptors (Lipinski definition) is 6. The largest absolute Gasteiger partial charge is 0.452 e. The van der Waals surface area contributed by atoms with Crippen molar-refractivity contribution in [3.05, 3.63) is 33.9 Å². The normalized spacial score (nSPS) is 13.6. The highest BCUT2D eigenvalue weighted by Gasteiger charge is 2.24. The molecule has 1 fully saturated rings. The van der Waals surface area contributed by atoms with Gasteiger partial charge in [-0.2, -0.15) is 0 Å². The molecule has 1 aliphatic rings. The average Bonchev–Trinajstić information content (AvgIpc) is 3.13. The number of amides is 1. The van der Waals surface area contributed by atoms with E-state index in [0.717, 1.165) is 38.8 Å². The van der Waals surface area contributed by atoms with Crippen molar-refractivity contribution in [3.8, 4) is 0 Å². The zero-order valence-electron chi connectivity index (χ0n) is 14.3. The Hall–Kier alpha value is -2.64. The molecule has 1 saturated heterocycles. The molecule has 0 saturated carbocycles. The quantitative estimate of drug-likeness (QED) is 0.334. The molecule has 8 heteroatoms. The monoisotopic (exact) mass is 349 g/mol. The van der Waals surface area contributed by atoms with Crippen LogP contribution in [-0.4, -0.2) is 43.0 Å². The van der Waals surface area contributed by atoms with Crippen molar-refractivity contribution in [1.29, 1.82) is 0 Å². The summed E-state index contributed by atoms with van der Waals surface area (Å²) in [6, 6.07) is 4.28. The molecule has 2 rings (SSSR count). The minimum atomic E-state index is -0.748. The van der Waals surface area contributed by atoms with E-state index in [-0.39, 0.29) is 17.2 Å². The molecule has 1 aromatic rings. The summed E-state index contributed by atoms with van der Waals surface area (Å²) in [6.07, 6.45) is 3.79. The van der Waals surface area contributed by atoms with E-state index < -0.39 is 17.5 Å². The molecule has 1 amide bonds. The Balaban J connectivity index is 2.01. The van der Waals surface area contributed by atoms with Crippen LogP contribution >= 0.6 is 0 Å². The minimum absolute atomic E-state index is 0.0657. The zero-order chi connectivity index (χ0) is 18.2. The first kappa shape index (κ1) is 18.7. The standard InChI is InChI=1S/C17H23N3O5/c1-2-3-8-18-16(21)12-25-17(22)13-6-7-14(15(11-13)20(23)24)19-9-4-5-10-19/h6-7,11H,2-5,8-10,12H2,1H3,(H,18,21). The molecule has 1 N–H and O–H groups in total. The number of benzene rings is 1. The van der Waals surface area contributed by atoms with Gasteiger partial charge < -0.3 is 15.0 Å². The van der Waals surface area contributed by atoms with E-state index in [1.165, 1.54) is 12.1 Å². The summed E-state index contributed by atoms with van der Waals surface area (Å²) in [6.45, 7) is 3.67. The van der Waals surface area contributed by atoms with Crippen LogP contribution in [0.4, 0.5) is 11.4 Å². The fourth-order valence-electron chi connectivity index (χ4n) is 2.69. The van der Waals surface area contributed by atoms with Crippen LogP contribution < -0.4 is 10.2 Å². The van der Waals surface area contributed by atoms with Gasteiger partial charge in [0.15, 0.2) is 6.61 Å². The first-order valence-electron chi connectivity index (χ1n) is 8.50. The Morgan fingerprint density at radius 1 is 1.32 bits per heavy atom. The van der Waals surface area contributed by atoms with Crippen molar-refractivity contribution >= 4 is 23.3 Å². The molecule has 0 unspecified atom stereocenters. The molecular weight excluding hydrogens is 326 g/mol. The fraction of sp³-hybridized carbons (Fsp3) is 0.529. The Morgan fingerprint density at radius 2 is 2.04 bits per heavy atom. The Kier molecular flexibility index (Phi) is 6.73. The fourth-order valence-corrected chi connectivity index (χ4v) is 2.69. The molecule has 0 spiro atoms. The van der Waals surface area contributed by atoms with E-state index in [4.69, 9.17) is 4.74 Å². The number of carbonyl (C=O) groups is 2. The van der Waals surface area contributed by atoms with Crippen molar-refractivity contribution in [2.75, 3.05) is 31.1 Å². The van der Waals surface area contributed by atoms with Gasteiger partial charge in [0, 0.05) is 25.7 Å². The lowest BCUT2D eigenvalue weighted by Gasteiger charge is -2.17. The second kappa shape index (κ2) is 9.00. The Bertz CT molecular complexity index is 641. The van der Waals surface area contributed by atoms with Gasteiger partial charge in [0.05, 0.1) is 10.5 Å². The number of carbonyl (C=O) groups excluding carboxylic acids is 2. The van der Waals surface area contributed by atoms with Gasteiger partial charge in [-0.25, -0.2) is 4.79 Å². The SMILES string of the molecule is CCCCNC(=O)COC(=O)c1ccc(N2CCCC2)c([N+](=O)[O-])c1. The number of ether oxygens (including phenoxy) is 1. The third-order valence-electron chi connectivity index (χ3n) is 4.04. The smallest absolute Gasteiger partial charge is 0.338 e. The molecule has 1 aromatic carbocycles. The third kappa shape index (κ3) is 5.17. The predicted molar refractivity (Wildman–Crippen MR) is 92.7 cm³/mol. The summed E-state index contributed by atoms with van der Waals surface area (Å²) in [5.41, 5.74) is 0.455. The summed E-state index contributed by atoms with van der Waals surface area (Å²) >= 11 is 0. The van der Waals surface area contributed by atoms with E-state index in [2.05, 4.69) is 5.32 Å². The van der Waals surface area contributed by atoms with Gasteiger partial charge in [-0.15, -0.1) is 0 Å². The van der Waals surface area contributed by atoms with Crippen molar-refractivity contribution in [3.63, 3.8) is 0 Å². The number of nitro groups is 1. The Labute approximate surface area is 146 Å². The molecule has 0 bridgehead atoms. The van der Waals surface area contributed by atoms with Crippen LogP contribution in [0.25, 0.3) is 0 Å². The van der Waals surface area contributed by atoms with E-state index >= 15 is 0 Å². The van der Waals surface area contributed by atoms with Crippen molar-refractivity contribution in [1.82, 2.24) is 5.32 Å². The number of unbranched alkanes of at least 4 members (excludes halogenated alkanes) is 1. The maximum absolute atomic E-state index is 12.0. The molecule has 1 heterocycles. The molecule has 0 radical (unpaired) electrons. The number of nitro benzene ring substituents is 1. The first-order valence-corrected chi connectivity index (χ1v) is 8.50. The van der Waals surface area contributed by atoms with Crippen molar-refractivity contribution in [2.24, 2.45) is 0 Å². The lowest BCUT2D eigenvalue weighted by molar-refractivity contribution is -0.384. The van der Waals surface area contributed by atoms with Crippen LogP contribution in [0.2, 0.25) is 0 Å². The minimum Gasteiger partial charge on any atom is -0.452 e. The highest BCUT2D eigenvalue weighted by atomic mass is 16.6. The molecule has 0 atom stereocenters. The third-order valence-corrected chi connectivity index (χ3v) is 4.04. The van der Waals surface area contributed by atoms with Crippen LogP contribution in [0.1, 0.15) is 43.0 Å². The van der Waals surface area contributed by atoms with Crippen molar-refractivity contribution < 1.29 is 19.2 Å². The molecular formula is C17H23N3O5. The summed E-state index contributed by atoms with van der Waals surface area (Å²) in [4.78, 5) is 36.4. The topological polar surface area (TPSA) is 102 Å². The van der Waals surface area contributed by atoms with Crippen molar-refractivity contribution in [2.45, 2.75) is 32.6 Å². The summed E-state index contributed by atoms with van der Waals surface area (Å²) < 4.78 is 4.93. The van der Waals surface area contributed by atoms with Gasteiger partial charge in [0.25, 0.3) is 11.6 Å². The molecule has 136 valence electrons. The second-order valence-corrected chi connectivity index (χ2v) is 5.93. The summed E-state index contributed by atoms with van der Waals surface area (Å²) in [5.74, 6) is -1.13. The van der Waals surface area contributed by atoms with E-state index in [0.29, 0.717) is 12.2 Å². The molecule has 25 heavy (non-hydrogen) atoms. The van der Waals surface area contributed by atoms with Gasteiger partial charge in [0.1, 0.15) is 5.69 Å². The predicted octanol–water partition coefficient (Wildman–Crippen LogP) is 2.27. The number of nitrogens with zero attached hydrogens (tertiary/aromatic N) is 2. The van der Waals surface area contributed by atoms with E-state index in [1.54, 1.807) is 6.07 Å². The average molecular weight is 349 g/mol. The van der Waals surface area contributed by atoms with Gasteiger partial charge in [-0.05, 0) is 31.4 Å². The summed E-state index contributed by atoms with van der Waals surface area (Å²) in [7, 11) is 0. The Morgan fingerprint density at radius 3 is 2.68 bits per heavy atom. The maximum atomic E-state index is 12.0. The van der Waals surface area contributed by atoms with E-state index in [1.807, 2.05) is 11.8 Å². The second-order valence-electron chi connectivity index (χ2n) is 5.93. The first-order chi connectivity index (χ1) is 12.0. The zero-order valence-corrected chi connectivity index (χ0v) is 14.3. The molecule has 0 aliphatic carbocycles. The number of hydrogen-bond donors (Lipinski definition) is 1. The van der Waals surface area contributed by atoms with Gasteiger partial charge in [0.2, 0.25) is 0 Å². The van der Waals surface area contributed by atoms with Crippen LogP contribution in [-0.2, 0) is 9.53 Å². The number of anilines is 1. The molecule has 1 aliphatic heterocycles. The lowest BCUT2D eigenvalue weighted by Crippen LogP contribution is -2.29. The van der Waals surface area contributed by atoms with Crippen LogP contribution in [0.3, 0.4) is 0 Å². The van der Waals surface area contributed by atoms with E-state index in [9.17, 15) is 19.7 Å². The highest BCUT2D eigenvalue weighted by Crippen LogP contribution is 2.31. The number of esters is 1. The van der Waals surface area contributed by atoms with Gasteiger partial charge >= 0.3 is 5.97 Å². The van der Waals surface area contributed by atoms with Crippen LogP contribution in [0.5, 0.6) is 0 Å². The van der Waals surface area contributed by atoms with Crippen LogP contribution in [0.15, 0.2) is 18.2 Å². The molecule has 0 aromatic heterocycles. The maximum Gasteiger partial charge on any atom is 0.338 e. The highest BCUT2D eigenvalue weighted by molar-refractivity contribution is 5.93. The lowest BCUT2D eigenvalue weighted by atomic mass is 10.1.